The molecule has 8 heteroatoms. The summed E-state index contributed by atoms with van der Waals surface area (Å²) in [7, 11) is 2.94. The predicted molar refractivity (Wildman–Crippen MR) is 115 cm³/mol. The molecule has 0 radical (unpaired) electrons. The van der Waals surface area contributed by atoms with E-state index in [0.29, 0.717) is 29.9 Å². The molecule has 0 saturated carbocycles. The van der Waals surface area contributed by atoms with Crippen molar-refractivity contribution in [2.24, 2.45) is 11.8 Å². The second-order valence-corrected chi connectivity index (χ2v) is 9.19. The second kappa shape index (κ2) is 7.33. The van der Waals surface area contributed by atoms with Crippen LogP contribution in [-0.2, 0) is 29.3 Å². The molecule has 2 saturated heterocycles. The van der Waals surface area contributed by atoms with Crippen molar-refractivity contribution < 1.29 is 28.6 Å². The number of anilines is 1. The smallest absolute Gasteiger partial charge is 0.337 e. The number of carbonyl (C=O) groups excluding carboxylic acids is 3. The molecule has 0 bridgehead atoms. The molecule has 170 valence electrons. The number of esters is 1. The molecule has 4 heterocycles. The van der Waals surface area contributed by atoms with E-state index in [4.69, 9.17) is 14.2 Å². The largest absolute Gasteiger partial charge is 0.497 e. The van der Waals surface area contributed by atoms with Gasteiger partial charge in [0.05, 0.1) is 43.3 Å². The van der Waals surface area contributed by atoms with E-state index in [1.54, 1.807) is 13.2 Å². The van der Waals surface area contributed by atoms with Crippen LogP contribution in [0.3, 0.4) is 0 Å². The Bertz CT molecular complexity index is 1040. The lowest BCUT2D eigenvalue weighted by molar-refractivity contribution is -0.139. The summed E-state index contributed by atoms with van der Waals surface area (Å²) in [5.41, 5.74) is 1.19. The number of hydrogen-bond donors (Lipinski definition) is 0. The average Bonchev–Trinajstić information content (AvgIpc) is 3.28. The Morgan fingerprint density at radius 3 is 2.72 bits per heavy atom. The van der Waals surface area contributed by atoms with E-state index in [9.17, 15) is 14.4 Å². The lowest BCUT2D eigenvalue weighted by atomic mass is 9.66. The van der Waals surface area contributed by atoms with Crippen LogP contribution in [0, 0.1) is 11.8 Å². The molecular formula is C24H28N2O6. The molecule has 4 aliphatic heterocycles. The molecule has 5 atom stereocenters. The third-order valence-electron chi connectivity index (χ3n) is 7.90. The number of benzene rings is 1. The highest BCUT2D eigenvalue weighted by atomic mass is 16.5. The summed E-state index contributed by atoms with van der Waals surface area (Å²) >= 11 is 0. The van der Waals surface area contributed by atoms with Crippen molar-refractivity contribution in [3.05, 3.63) is 35.6 Å². The molecule has 0 N–H and O–H groups in total. The maximum Gasteiger partial charge on any atom is 0.337 e. The Kier molecular flexibility index (Phi) is 4.81. The summed E-state index contributed by atoms with van der Waals surface area (Å²) in [5, 5.41) is 0. The number of nitrogens with zero attached hydrogens (tertiary/aromatic N) is 2. The summed E-state index contributed by atoms with van der Waals surface area (Å²) < 4.78 is 16.2. The van der Waals surface area contributed by atoms with Crippen molar-refractivity contribution in [2.75, 3.05) is 32.2 Å². The van der Waals surface area contributed by atoms with E-state index in [0.717, 1.165) is 18.7 Å². The maximum absolute atomic E-state index is 13.9. The Labute approximate surface area is 187 Å². The van der Waals surface area contributed by atoms with Crippen molar-refractivity contribution >= 4 is 23.5 Å². The van der Waals surface area contributed by atoms with Crippen molar-refractivity contribution in [3.63, 3.8) is 0 Å². The summed E-state index contributed by atoms with van der Waals surface area (Å²) in [4.78, 5) is 42.6. The van der Waals surface area contributed by atoms with Gasteiger partial charge in [0.1, 0.15) is 5.75 Å². The van der Waals surface area contributed by atoms with Crippen LogP contribution >= 0.6 is 0 Å². The Morgan fingerprint density at radius 2 is 2.03 bits per heavy atom. The summed E-state index contributed by atoms with van der Waals surface area (Å²) in [6.45, 7) is 4.92. The van der Waals surface area contributed by atoms with E-state index in [2.05, 4.69) is 4.90 Å². The SMILES string of the molecule is COC(=O)C1=CO[C@@H](C)[C@@H]2CN3CC[C@]4(C(=O)N(C(C)=O)c5cc(OC)ccc54)[C@H]3C[C@H]12. The molecule has 5 rings (SSSR count). The first-order valence-electron chi connectivity index (χ1n) is 11.0. The molecule has 0 unspecified atom stereocenters. The van der Waals surface area contributed by atoms with Gasteiger partial charge in [0.2, 0.25) is 11.8 Å². The number of rotatable bonds is 2. The van der Waals surface area contributed by atoms with Crippen LogP contribution in [-0.4, -0.2) is 62.1 Å². The molecule has 1 aromatic carbocycles. The molecule has 4 aliphatic rings. The highest BCUT2D eigenvalue weighted by Crippen LogP contribution is 2.56. The zero-order valence-corrected chi connectivity index (χ0v) is 18.8. The minimum atomic E-state index is -0.818. The topological polar surface area (TPSA) is 85.4 Å². The van der Waals surface area contributed by atoms with Gasteiger partial charge in [-0.2, -0.15) is 0 Å². The van der Waals surface area contributed by atoms with Gasteiger partial charge in [0.15, 0.2) is 0 Å². The zero-order chi connectivity index (χ0) is 22.8. The van der Waals surface area contributed by atoms with Crippen LogP contribution in [0.5, 0.6) is 5.75 Å². The first-order chi connectivity index (χ1) is 15.3. The molecule has 8 nitrogen and oxygen atoms in total. The van der Waals surface area contributed by atoms with E-state index in [-0.39, 0.29) is 41.8 Å². The number of carbonyl (C=O) groups is 3. The minimum Gasteiger partial charge on any atom is -0.497 e. The first kappa shape index (κ1) is 21.0. The number of fused-ring (bicyclic) bond motifs is 5. The van der Waals surface area contributed by atoms with Gasteiger partial charge in [-0.15, -0.1) is 0 Å². The molecule has 2 amide bonds. The number of methoxy groups -OCH3 is 2. The normalized spacial score (nSPS) is 33.2. The lowest BCUT2D eigenvalue weighted by Crippen LogP contribution is -2.57. The van der Waals surface area contributed by atoms with Crippen molar-refractivity contribution in [1.82, 2.24) is 4.90 Å². The quantitative estimate of drug-likeness (QED) is 0.651. The number of piperidine rings is 1. The van der Waals surface area contributed by atoms with Crippen LogP contribution in [0.25, 0.3) is 0 Å². The molecule has 32 heavy (non-hydrogen) atoms. The average molecular weight is 440 g/mol. The number of hydrogen-bond acceptors (Lipinski definition) is 7. The highest BCUT2D eigenvalue weighted by molar-refractivity contribution is 6.23. The van der Waals surface area contributed by atoms with Crippen molar-refractivity contribution in [2.45, 2.75) is 44.2 Å². The first-order valence-corrected chi connectivity index (χ1v) is 11.0. The van der Waals surface area contributed by atoms with Gasteiger partial charge in [-0.25, -0.2) is 9.69 Å². The van der Waals surface area contributed by atoms with Gasteiger partial charge in [0, 0.05) is 37.4 Å². The number of imide groups is 1. The fourth-order valence-corrected chi connectivity index (χ4v) is 6.36. The Balaban J connectivity index is 1.60. The predicted octanol–water partition coefficient (Wildman–Crippen LogP) is 2.01. The van der Waals surface area contributed by atoms with Crippen molar-refractivity contribution in [1.29, 1.82) is 0 Å². The van der Waals surface area contributed by atoms with Gasteiger partial charge < -0.3 is 14.2 Å². The third-order valence-corrected chi connectivity index (χ3v) is 7.90. The maximum atomic E-state index is 13.9. The highest BCUT2D eigenvalue weighted by Gasteiger charge is 2.63. The molecule has 0 aliphatic carbocycles. The van der Waals surface area contributed by atoms with Gasteiger partial charge in [-0.1, -0.05) is 6.07 Å². The van der Waals surface area contributed by atoms with Crippen LogP contribution in [0.4, 0.5) is 5.69 Å². The van der Waals surface area contributed by atoms with E-state index >= 15 is 0 Å². The number of amides is 2. The van der Waals surface area contributed by atoms with E-state index in [1.165, 1.54) is 25.2 Å². The zero-order valence-electron chi connectivity index (χ0n) is 18.8. The summed E-state index contributed by atoms with van der Waals surface area (Å²) in [6.07, 6.45) is 2.76. The molecule has 1 spiro atoms. The number of ether oxygens (including phenoxy) is 3. The molecular weight excluding hydrogens is 412 g/mol. The fourth-order valence-electron chi connectivity index (χ4n) is 6.36. The van der Waals surface area contributed by atoms with Gasteiger partial charge in [-0.3, -0.25) is 14.5 Å². The Hall–Kier alpha value is -2.87. The molecule has 0 aromatic heterocycles. The van der Waals surface area contributed by atoms with Gasteiger partial charge >= 0.3 is 5.97 Å². The van der Waals surface area contributed by atoms with Crippen LogP contribution in [0.1, 0.15) is 32.3 Å². The lowest BCUT2D eigenvalue weighted by Gasteiger charge is -2.48. The second-order valence-electron chi connectivity index (χ2n) is 9.19. The standard InChI is InChI=1S/C24H28N2O6/c1-13-17-11-25-8-7-24(21(25)10-16(17)18(12-32-13)22(28)31-4)19-6-5-15(30-3)9-20(19)26(14(2)27)23(24)29/h5-6,9,12-13,16-17,21H,7-8,10-11H2,1-4H3/t13-,16-,17-,21+,24+/m0/s1. The minimum absolute atomic E-state index is 0.0320. The molecule has 1 aromatic rings. The van der Waals surface area contributed by atoms with E-state index < -0.39 is 5.41 Å². The third kappa shape index (κ3) is 2.68. The monoisotopic (exact) mass is 440 g/mol. The van der Waals surface area contributed by atoms with E-state index in [1.807, 2.05) is 19.1 Å². The fraction of sp³-hybridized carbons (Fsp3) is 0.542. The summed E-state index contributed by atoms with van der Waals surface area (Å²) in [5.74, 6) is -0.195. The van der Waals surface area contributed by atoms with Crippen LogP contribution in [0.2, 0.25) is 0 Å². The van der Waals surface area contributed by atoms with Crippen molar-refractivity contribution in [3.8, 4) is 5.75 Å². The molecule has 2 fully saturated rings. The Morgan fingerprint density at radius 1 is 1.25 bits per heavy atom. The van der Waals surface area contributed by atoms with Crippen LogP contribution in [0.15, 0.2) is 30.0 Å². The summed E-state index contributed by atoms with van der Waals surface area (Å²) in [6, 6.07) is 5.43. The van der Waals surface area contributed by atoms with Gasteiger partial charge in [0.25, 0.3) is 0 Å². The van der Waals surface area contributed by atoms with Crippen LogP contribution < -0.4 is 9.64 Å². The van der Waals surface area contributed by atoms with Gasteiger partial charge in [-0.05, 0) is 37.9 Å².